The third-order valence-corrected chi connectivity index (χ3v) is 6.18. The molecule has 7 heteroatoms. The Hall–Kier alpha value is -3.03. The van der Waals surface area contributed by atoms with Crippen molar-refractivity contribution >= 4 is 23.2 Å². The number of aromatic nitrogens is 1. The summed E-state index contributed by atoms with van der Waals surface area (Å²) in [4.78, 5) is 31.6. The lowest BCUT2D eigenvalue weighted by atomic mass is 9.89. The van der Waals surface area contributed by atoms with Gasteiger partial charge < -0.3 is 14.7 Å². The molecular formula is C27H32N2O4S. The van der Waals surface area contributed by atoms with Gasteiger partial charge >= 0.3 is 5.97 Å². The van der Waals surface area contributed by atoms with Crippen molar-refractivity contribution in [2.24, 2.45) is 0 Å². The summed E-state index contributed by atoms with van der Waals surface area (Å²) in [6.07, 6.45) is 0.129. The predicted molar refractivity (Wildman–Crippen MR) is 135 cm³/mol. The zero-order chi connectivity index (χ0) is 24.9. The molecule has 3 aromatic rings. The van der Waals surface area contributed by atoms with Crippen LogP contribution in [0.25, 0.3) is 11.1 Å². The van der Waals surface area contributed by atoms with Crippen molar-refractivity contribution in [3.05, 3.63) is 76.2 Å². The third kappa shape index (κ3) is 5.54. The zero-order valence-corrected chi connectivity index (χ0v) is 21.2. The van der Waals surface area contributed by atoms with Gasteiger partial charge in [-0.2, -0.15) is 0 Å². The van der Waals surface area contributed by atoms with Gasteiger partial charge in [0.05, 0.1) is 16.8 Å². The lowest BCUT2D eigenvalue weighted by Crippen LogP contribution is -2.46. The van der Waals surface area contributed by atoms with E-state index in [0.717, 1.165) is 16.7 Å². The number of benzene rings is 2. The Morgan fingerprint density at radius 1 is 1.03 bits per heavy atom. The summed E-state index contributed by atoms with van der Waals surface area (Å²) in [5, 5.41) is 12.0. The van der Waals surface area contributed by atoms with Crippen LogP contribution in [0.1, 0.15) is 56.2 Å². The summed E-state index contributed by atoms with van der Waals surface area (Å²) in [5.41, 5.74) is 2.91. The van der Waals surface area contributed by atoms with E-state index in [2.05, 4.69) is 4.98 Å². The van der Waals surface area contributed by atoms with Crippen LogP contribution in [-0.4, -0.2) is 45.6 Å². The summed E-state index contributed by atoms with van der Waals surface area (Å²) in [6, 6.07) is 15.2. The number of carbonyl (C=O) groups is 2. The number of carbonyl (C=O) groups excluding carboxylic acids is 1. The van der Waals surface area contributed by atoms with Crippen LogP contribution in [0.15, 0.2) is 59.4 Å². The van der Waals surface area contributed by atoms with E-state index in [1.54, 1.807) is 15.8 Å². The maximum atomic E-state index is 13.0. The van der Waals surface area contributed by atoms with E-state index in [1.165, 1.54) is 11.3 Å². The number of amides is 1. The molecule has 34 heavy (non-hydrogen) atoms. The monoisotopic (exact) mass is 480 g/mol. The molecule has 0 radical (unpaired) electrons. The molecule has 2 aromatic carbocycles. The number of hydrogen-bond acceptors (Lipinski definition) is 5. The average Bonchev–Trinajstić information content (AvgIpc) is 3.34. The van der Waals surface area contributed by atoms with E-state index in [9.17, 15) is 14.7 Å². The summed E-state index contributed by atoms with van der Waals surface area (Å²) in [7, 11) is 0. The van der Waals surface area contributed by atoms with Gasteiger partial charge in [0.1, 0.15) is 0 Å². The number of rotatable bonds is 9. The van der Waals surface area contributed by atoms with Gasteiger partial charge in [0.2, 0.25) is 5.60 Å². The normalized spacial score (nSPS) is 13.3. The molecule has 1 amide bonds. The molecule has 0 aliphatic heterocycles. The fraction of sp³-hybridized carbons (Fsp3) is 0.370. The van der Waals surface area contributed by atoms with E-state index in [4.69, 9.17) is 4.74 Å². The number of thiazole rings is 1. The van der Waals surface area contributed by atoms with Gasteiger partial charge in [-0.05, 0) is 57.4 Å². The molecule has 1 unspecified atom stereocenters. The van der Waals surface area contributed by atoms with E-state index in [-0.39, 0.29) is 12.3 Å². The highest BCUT2D eigenvalue weighted by atomic mass is 32.1. The molecule has 0 fully saturated rings. The molecule has 1 heterocycles. The molecule has 6 nitrogen and oxygen atoms in total. The van der Waals surface area contributed by atoms with Gasteiger partial charge in [0.25, 0.3) is 5.91 Å². The van der Waals surface area contributed by atoms with Crippen molar-refractivity contribution in [3.63, 3.8) is 0 Å². The largest absolute Gasteiger partial charge is 0.479 e. The first kappa shape index (κ1) is 25.6. The SMILES string of the molecule is CCN(CC)C(=O)c1ccccc1-c1ccc(CC(OC(C)(C)C)(C(=O)O)c2cscn2)cc1. The molecular weight excluding hydrogens is 448 g/mol. The minimum Gasteiger partial charge on any atom is -0.479 e. The second-order valence-corrected chi connectivity index (χ2v) is 9.84. The number of carboxylic acid groups (broad SMARTS) is 1. The van der Waals surface area contributed by atoms with E-state index in [0.29, 0.717) is 24.3 Å². The predicted octanol–water partition coefficient (Wildman–Crippen LogP) is 5.63. The second kappa shape index (κ2) is 10.5. The van der Waals surface area contributed by atoms with Crippen molar-refractivity contribution in [2.75, 3.05) is 13.1 Å². The molecule has 1 N–H and O–H groups in total. The van der Waals surface area contributed by atoms with Gasteiger partial charge in [-0.25, -0.2) is 9.78 Å². The van der Waals surface area contributed by atoms with Gasteiger partial charge in [-0.1, -0.05) is 42.5 Å². The minimum absolute atomic E-state index is 0.00307. The highest BCUT2D eigenvalue weighted by molar-refractivity contribution is 7.07. The number of aliphatic carboxylic acids is 1. The molecule has 0 bridgehead atoms. The van der Waals surface area contributed by atoms with E-state index >= 15 is 0 Å². The van der Waals surface area contributed by atoms with Crippen LogP contribution in [0.4, 0.5) is 0 Å². The van der Waals surface area contributed by atoms with Gasteiger partial charge in [-0.15, -0.1) is 11.3 Å². The lowest BCUT2D eigenvalue weighted by molar-refractivity contribution is -0.188. The van der Waals surface area contributed by atoms with Crippen LogP contribution in [0.5, 0.6) is 0 Å². The molecule has 180 valence electrons. The Morgan fingerprint density at radius 3 is 2.21 bits per heavy atom. The Kier molecular flexibility index (Phi) is 7.89. The number of nitrogens with zero attached hydrogens (tertiary/aromatic N) is 2. The molecule has 3 rings (SSSR count). The van der Waals surface area contributed by atoms with Crippen molar-refractivity contribution in [1.29, 1.82) is 0 Å². The van der Waals surface area contributed by atoms with Crippen molar-refractivity contribution in [2.45, 2.75) is 52.2 Å². The summed E-state index contributed by atoms with van der Waals surface area (Å²) in [5.74, 6) is -1.08. The maximum absolute atomic E-state index is 13.0. The molecule has 0 aliphatic rings. The molecule has 1 atom stereocenters. The molecule has 1 aromatic heterocycles. The van der Waals surface area contributed by atoms with Gasteiger partial charge in [-0.3, -0.25) is 4.79 Å². The Bertz CT molecular complexity index is 1120. The van der Waals surface area contributed by atoms with Gasteiger partial charge in [0, 0.05) is 30.5 Å². The summed E-state index contributed by atoms with van der Waals surface area (Å²) >= 11 is 1.34. The van der Waals surface area contributed by atoms with Gasteiger partial charge in [0.15, 0.2) is 0 Å². The van der Waals surface area contributed by atoms with E-state index in [1.807, 2.05) is 83.1 Å². The standard InChI is InChI=1S/C27H32N2O4S/c1-6-29(7-2)24(30)22-11-9-8-10-21(22)20-14-12-19(13-15-20)16-27(25(31)32,33-26(3,4)5)23-17-34-18-28-23/h8-15,17-18H,6-7,16H2,1-5H3,(H,31,32). The van der Waals surface area contributed by atoms with Crippen LogP contribution < -0.4 is 0 Å². The number of carboxylic acids is 1. The fourth-order valence-electron chi connectivity index (χ4n) is 4.03. The zero-order valence-electron chi connectivity index (χ0n) is 20.4. The van der Waals surface area contributed by atoms with Crippen LogP contribution in [0.2, 0.25) is 0 Å². The lowest BCUT2D eigenvalue weighted by Gasteiger charge is -2.35. The van der Waals surface area contributed by atoms with Crippen LogP contribution in [0, 0.1) is 0 Å². The Labute approximate surface area is 205 Å². The average molecular weight is 481 g/mol. The molecule has 0 aliphatic carbocycles. The minimum atomic E-state index is -1.60. The van der Waals surface area contributed by atoms with Crippen LogP contribution in [-0.2, 0) is 21.6 Å². The molecule has 0 spiro atoms. The van der Waals surface area contributed by atoms with Crippen molar-refractivity contribution in [1.82, 2.24) is 9.88 Å². The molecule has 0 saturated heterocycles. The van der Waals surface area contributed by atoms with Crippen molar-refractivity contribution in [3.8, 4) is 11.1 Å². The smallest absolute Gasteiger partial charge is 0.342 e. The fourth-order valence-corrected chi connectivity index (χ4v) is 4.65. The topological polar surface area (TPSA) is 79.7 Å². The number of ether oxygens (including phenoxy) is 1. The Morgan fingerprint density at radius 2 is 1.68 bits per heavy atom. The second-order valence-electron chi connectivity index (χ2n) is 9.12. The highest BCUT2D eigenvalue weighted by Gasteiger charge is 2.46. The van der Waals surface area contributed by atoms with E-state index < -0.39 is 17.2 Å². The quantitative estimate of drug-likeness (QED) is 0.429. The number of hydrogen-bond donors (Lipinski definition) is 1. The van der Waals surface area contributed by atoms with Crippen LogP contribution in [0.3, 0.4) is 0 Å². The first-order valence-electron chi connectivity index (χ1n) is 11.4. The summed E-state index contributed by atoms with van der Waals surface area (Å²) < 4.78 is 6.15. The maximum Gasteiger partial charge on any atom is 0.342 e. The highest BCUT2D eigenvalue weighted by Crippen LogP contribution is 2.35. The third-order valence-electron chi connectivity index (χ3n) is 5.60. The first-order valence-corrected chi connectivity index (χ1v) is 12.4. The molecule has 0 saturated carbocycles. The van der Waals surface area contributed by atoms with Crippen molar-refractivity contribution < 1.29 is 19.4 Å². The van der Waals surface area contributed by atoms with Crippen LogP contribution >= 0.6 is 11.3 Å². The first-order chi connectivity index (χ1) is 16.1. The Balaban J connectivity index is 1.97. The summed E-state index contributed by atoms with van der Waals surface area (Å²) in [6.45, 7) is 10.7.